The molecule has 29 heavy (non-hydrogen) atoms. The van der Waals surface area contributed by atoms with Gasteiger partial charge in [-0.25, -0.2) is 0 Å². The second-order valence-electron chi connectivity index (χ2n) is 5.92. The molecule has 0 radical (unpaired) electrons. The molecule has 7 nitrogen and oxygen atoms in total. The minimum atomic E-state index is -0.543. The van der Waals surface area contributed by atoms with E-state index in [1.165, 1.54) is 13.2 Å². The molecule has 0 bridgehead atoms. The number of hydrogen-bond donors (Lipinski definition) is 2. The molecule has 9 heteroatoms. The van der Waals surface area contributed by atoms with E-state index in [0.717, 1.165) is 0 Å². The monoisotopic (exact) mass is 438 g/mol. The molecule has 0 aromatic heterocycles. The smallest absolute Gasteiger partial charge is 0.306 e. The van der Waals surface area contributed by atoms with Crippen molar-refractivity contribution in [1.29, 1.82) is 0 Å². The summed E-state index contributed by atoms with van der Waals surface area (Å²) in [7, 11) is 1.46. The first-order valence-electron chi connectivity index (χ1n) is 8.72. The van der Waals surface area contributed by atoms with Gasteiger partial charge in [0.25, 0.3) is 11.8 Å². The maximum absolute atomic E-state index is 11.9. The van der Waals surface area contributed by atoms with Gasteiger partial charge in [0.15, 0.2) is 6.61 Å². The number of anilines is 1. The normalized spacial score (nSPS) is 10.2. The van der Waals surface area contributed by atoms with Crippen LogP contribution in [-0.4, -0.2) is 38.0 Å². The standard InChI is InChI=1S/C20H20Cl2N2O5/c1-28-17-9-8-15(22)11-16(17)24-18(25)12-29-19(26)3-2-10-23-20(27)13-4-6-14(21)7-5-13/h4-9,11H,2-3,10,12H2,1H3,(H,23,27)(H,24,25). The number of esters is 1. The first-order valence-corrected chi connectivity index (χ1v) is 9.47. The van der Waals surface area contributed by atoms with Gasteiger partial charge in [-0.3, -0.25) is 14.4 Å². The number of ether oxygens (including phenoxy) is 2. The van der Waals surface area contributed by atoms with Gasteiger partial charge in [-0.15, -0.1) is 0 Å². The largest absolute Gasteiger partial charge is 0.495 e. The lowest BCUT2D eigenvalue weighted by Gasteiger charge is -2.11. The van der Waals surface area contributed by atoms with E-state index in [2.05, 4.69) is 10.6 Å². The van der Waals surface area contributed by atoms with Gasteiger partial charge in [0.2, 0.25) is 0 Å². The molecule has 0 saturated carbocycles. The van der Waals surface area contributed by atoms with Gasteiger partial charge in [-0.1, -0.05) is 23.2 Å². The predicted octanol–water partition coefficient (Wildman–Crippen LogP) is 3.69. The number of methoxy groups -OCH3 is 1. The lowest BCUT2D eigenvalue weighted by molar-refractivity contribution is -0.147. The second-order valence-corrected chi connectivity index (χ2v) is 6.79. The first kappa shape index (κ1) is 22.5. The third-order valence-corrected chi connectivity index (χ3v) is 4.24. The number of nitrogens with one attached hydrogen (secondary N) is 2. The molecular formula is C20H20Cl2N2O5. The molecule has 0 aliphatic carbocycles. The highest BCUT2D eigenvalue weighted by atomic mass is 35.5. The third kappa shape index (κ3) is 7.63. The van der Waals surface area contributed by atoms with Crippen LogP contribution >= 0.6 is 23.2 Å². The number of rotatable bonds is 9. The SMILES string of the molecule is COc1ccc(Cl)cc1NC(=O)COC(=O)CCCNC(=O)c1ccc(Cl)cc1. The van der Waals surface area contributed by atoms with Crippen molar-refractivity contribution in [2.75, 3.05) is 25.6 Å². The van der Waals surface area contributed by atoms with Crippen LogP contribution in [0.5, 0.6) is 5.75 Å². The number of amides is 2. The summed E-state index contributed by atoms with van der Waals surface area (Å²) in [5.74, 6) is -0.885. The lowest BCUT2D eigenvalue weighted by Crippen LogP contribution is -2.25. The Kier molecular flexibility index (Phi) is 8.76. The van der Waals surface area contributed by atoms with Crippen LogP contribution in [0.25, 0.3) is 0 Å². The van der Waals surface area contributed by atoms with Crippen molar-refractivity contribution in [1.82, 2.24) is 5.32 Å². The van der Waals surface area contributed by atoms with Crippen molar-refractivity contribution in [3.8, 4) is 5.75 Å². The summed E-state index contributed by atoms with van der Waals surface area (Å²) in [6.07, 6.45) is 0.441. The maximum Gasteiger partial charge on any atom is 0.306 e. The van der Waals surface area contributed by atoms with E-state index < -0.39 is 18.5 Å². The van der Waals surface area contributed by atoms with Crippen LogP contribution in [0.3, 0.4) is 0 Å². The molecule has 0 heterocycles. The summed E-state index contributed by atoms with van der Waals surface area (Å²) >= 11 is 11.7. The number of hydrogen-bond acceptors (Lipinski definition) is 5. The zero-order chi connectivity index (χ0) is 21.2. The Morgan fingerprint density at radius 1 is 1.00 bits per heavy atom. The summed E-state index contributed by atoms with van der Waals surface area (Å²) < 4.78 is 10.1. The van der Waals surface area contributed by atoms with E-state index in [1.807, 2.05) is 0 Å². The molecule has 0 spiro atoms. The maximum atomic E-state index is 11.9. The molecule has 0 saturated heterocycles. The first-order chi connectivity index (χ1) is 13.9. The van der Waals surface area contributed by atoms with Crippen LogP contribution in [0, 0.1) is 0 Å². The quantitative estimate of drug-likeness (QED) is 0.459. The second kappa shape index (κ2) is 11.3. The van der Waals surface area contributed by atoms with E-state index in [0.29, 0.717) is 40.0 Å². The number of carbonyl (C=O) groups excluding carboxylic acids is 3. The van der Waals surface area contributed by atoms with E-state index in [4.69, 9.17) is 32.7 Å². The molecule has 2 rings (SSSR count). The Morgan fingerprint density at radius 3 is 2.38 bits per heavy atom. The highest BCUT2D eigenvalue weighted by Gasteiger charge is 2.11. The third-order valence-electron chi connectivity index (χ3n) is 3.75. The van der Waals surface area contributed by atoms with Gasteiger partial charge in [0.1, 0.15) is 5.75 Å². The van der Waals surface area contributed by atoms with Gasteiger partial charge in [-0.2, -0.15) is 0 Å². The molecule has 2 aromatic carbocycles. The van der Waals surface area contributed by atoms with Crippen molar-refractivity contribution >= 4 is 46.7 Å². The van der Waals surface area contributed by atoms with E-state index in [1.54, 1.807) is 36.4 Å². The Bertz CT molecular complexity index is 872. The van der Waals surface area contributed by atoms with Crippen molar-refractivity contribution in [2.24, 2.45) is 0 Å². The Balaban J connectivity index is 1.66. The van der Waals surface area contributed by atoms with Crippen molar-refractivity contribution in [2.45, 2.75) is 12.8 Å². The lowest BCUT2D eigenvalue weighted by atomic mass is 10.2. The summed E-state index contributed by atoms with van der Waals surface area (Å²) in [4.78, 5) is 35.6. The van der Waals surface area contributed by atoms with Crippen LogP contribution in [0.2, 0.25) is 10.0 Å². The van der Waals surface area contributed by atoms with Gasteiger partial charge < -0.3 is 20.1 Å². The fourth-order valence-corrected chi connectivity index (χ4v) is 2.62. The Hall–Kier alpha value is -2.77. The van der Waals surface area contributed by atoms with Gasteiger partial charge in [0.05, 0.1) is 12.8 Å². The summed E-state index contributed by atoms with van der Waals surface area (Å²) in [5.41, 5.74) is 0.857. The van der Waals surface area contributed by atoms with Crippen LogP contribution in [0.1, 0.15) is 23.2 Å². The van der Waals surface area contributed by atoms with E-state index in [-0.39, 0.29) is 12.3 Å². The van der Waals surface area contributed by atoms with Gasteiger partial charge in [-0.05, 0) is 48.9 Å². The number of benzene rings is 2. The van der Waals surface area contributed by atoms with E-state index >= 15 is 0 Å². The average molecular weight is 439 g/mol. The molecule has 0 unspecified atom stereocenters. The zero-order valence-corrected chi connectivity index (χ0v) is 17.2. The fourth-order valence-electron chi connectivity index (χ4n) is 2.32. The molecular weight excluding hydrogens is 419 g/mol. The molecule has 0 atom stereocenters. The van der Waals surface area contributed by atoms with Crippen molar-refractivity contribution < 1.29 is 23.9 Å². The summed E-state index contributed by atoms with van der Waals surface area (Å²) in [5, 5.41) is 6.24. The fraction of sp³-hybridized carbons (Fsp3) is 0.250. The predicted molar refractivity (Wildman–Crippen MR) is 111 cm³/mol. The van der Waals surface area contributed by atoms with Gasteiger partial charge in [0, 0.05) is 28.6 Å². The van der Waals surface area contributed by atoms with Crippen molar-refractivity contribution in [3.05, 3.63) is 58.1 Å². The molecule has 154 valence electrons. The van der Waals surface area contributed by atoms with Gasteiger partial charge >= 0.3 is 5.97 Å². The molecule has 0 fully saturated rings. The molecule has 2 aromatic rings. The Labute approximate surface area is 178 Å². The minimum absolute atomic E-state index is 0.0642. The number of carbonyl (C=O) groups is 3. The zero-order valence-electron chi connectivity index (χ0n) is 15.7. The topological polar surface area (TPSA) is 93.7 Å². The molecule has 2 N–H and O–H groups in total. The summed E-state index contributed by atoms with van der Waals surface area (Å²) in [6, 6.07) is 11.2. The van der Waals surface area contributed by atoms with E-state index in [9.17, 15) is 14.4 Å². The highest BCUT2D eigenvalue weighted by Crippen LogP contribution is 2.27. The highest BCUT2D eigenvalue weighted by molar-refractivity contribution is 6.31. The Morgan fingerprint density at radius 2 is 1.69 bits per heavy atom. The van der Waals surface area contributed by atoms with Crippen LogP contribution in [0.4, 0.5) is 5.69 Å². The minimum Gasteiger partial charge on any atom is -0.495 e. The molecule has 0 aliphatic rings. The van der Waals surface area contributed by atoms with Crippen LogP contribution < -0.4 is 15.4 Å². The molecule has 0 aliphatic heterocycles. The van der Waals surface area contributed by atoms with Crippen LogP contribution in [-0.2, 0) is 14.3 Å². The van der Waals surface area contributed by atoms with Crippen molar-refractivity contribution in [3.63, 3.8) is 0 Å². The van der Waals surface area contributed by atoms with Crippen LogP contribution in [0.15, 0.2) is 42.5 Å². The molecule has 2 amide bonds. The average Bonchev–Trinajstić information content (AvgIpc) is 2.70. The summed E-state index contributed by atoms with van der Waals surface area (Å²) in [6.45, 7) is -0.145. The number of halogens is 2.